The Bertz CT molecular complexity index is 650. The zero-order valence-electron chi connectivity index (χ0n) is 14.2. The molecule has 0 radical (unpaired) electrons. The molecule has 1 heterocycles. The summed E-state index contributed by atoms with van der Waals surface area (Å²) in [5.41, 5.74) is 0.474. The molecule has 0 aromatic heterocycles. The molecule has 1 saturated heterocycles. The molecule has 7 nitrogen and oxygen atoms in total. The molecule has 1 fully saturated rings. The molecular weight excluding hydrogens is 312 g/mol. The minimum Gasteiger partial charge on any atom is -0.451 e. The van der Waals surface area contributed by atoms with Crippen LogP contribution in [0.2, 0.25) is 0 Å². The molecular formula is C17H22N2O5. The average molecular weight is 334 g/mol. The highest BCUT2D eigenvalue weighted by atomic mass is 16.6. The van der Waals surface area contributed by atoms with E-state index in [0.29, 0.717) is 11.6 Å². The van der Waals surface area contributed by atoms with E-state index in [0.717, 1.165) is 25.9 Å². The summed E-state index contributed by atoms with van der Waals surface area (Å²) >= 11 is 0. The molecule has 24 heavy (non-hydrogen) atoms. The monoisotopic (exact) mass is 334 g/mol. The summed E-state index contributed by atoms with van der Waals surface area (Å²) in [5, 5.41) is 11.4. The van der Waals surface area contributed by atoms with Crippen molar-refractivity contribution in [2.45, 2.75) is 39.7 Å². The van der Waals surface area contributed by atoms with E-state index in [-0.39, 0.29) is 17.0 Å². The molecule has 0 unspecified atom stereocenters. The van der Waals surface area contributed by atoms with Gasteiger partial charge >= 0.3 is 5.97 Å². The van der Waals surface area contributed by atoms with Crippen LogP contribution < -0.4 is 4.90 Å². The number of ether oxygens (including phenoxy) is 1. The van der Waals surface area contributed by atoms with Gasteiger partial charge in [-0.25, -0.2) is 4.79 Å². The summed E-state index contributed by atoms with van der Waals surface area (Å²) in [6.45, 7) is 6.47. The van der Waals surface area contributed by atoms with Crippen molar-refractivity contribution in [1.82, 2.24) is 0 Å². The van der Waals surface area contributed by atoms with Crippen LogP contribution in [0, 0.1) is 16.0 Å². The first-order valence-corrected chi connectivity index (χ1v) is 8.04. The summed E-state index contributed by atoms with van der Waals surface area (Å²) in [6.07, 6.45) is 1.09. The largest absolute Gasteiger partial charge is 0.451 e. The quantitative estimate of drug-likeness (QED) is 0.467. The molecule has 0 amide bonds. The smallest absolute Gasteiger partial charge is 0.339 e. The van der Waals surface area contributed by atoms with Crippen LogP contribution in [-0.2, 0) is 9.53 Å². The van der Waals surface area contributed by atoms with Gasteiger partial charge in [-0.3, -0.25) is 14.9 Å². The van der Waals surface area contributed by atoms with E-state index >= 15 is 0 Å². The third-order valence-electron chi connectivity index (χ3n) is 4.39. The Hall–Kier alpha value is -2.44. The van der Waals surface area contributed by atoms with Crippen molar-refractivity contribution in [3.05, 3.63) is 33.9 Å². The lowest BCUT2D eigenvalue weighted by Crippen LogP contribution is -2.33. The van der Waals surface area contributed by atoms with Crippen LogP contribution >= 0.6 is 0 Å². The predicted molar refractivity (Wildman–Crippen MR) is 89.3 cm³/mol. The Balaban J connectivity index is 2.25. The van der Waals surface area contributed by atoms with Crippen LogP contribution in [0.1, 0.15) is 44.0 Å². The summed E-state index contributed by atoms with van der Waals surface area (Å²) in [7, 11) is 0. The Labute approximate surface area is 140 Å². The van der Waals surface area contributed by atoms with Crippen molar-refractivity contribution in [3.8, 4) is 0 Å². The summed E-state index contributed by atoms with van der Waals surface area (Å²) in [5.74, 6) is -0.404. The fourth-order valence-electron chi connectivity index (χ4n) is 2.63. The molecule has 0 saturated carbocycles. The summed E-state index contributed by atoms with van der Waals surface area (Å²) in [4.78, 5) is 36.1. The average Bonchev–Trinajstić information content (AvgIpc) is 2.54. The van der Waals surface area contributed by atoms with Crippen molar-refractivity contribution in [2.24, 2.45) is 5.92 Å². The molecule has 7 heteroatoms. The summed E-state index contributed by atoms with van der Waals surface area (Å²) in [6, 6.07) is 4.32. The number of benzene rings is 1. The molecule has 0 spiro atoms. The van der Waals surface area contributed by atoms with Crippen LogP contribution in [-0.4, -0.2) is 35.9 Å². The number of nitro groups is 1. The van der Waals surface area contributed by atoms with Gasteiger partial charge in [-0.05, 0) is 44.7 Å². The number of hydrogen-bond acceptors (Lipinski definition) is 6. The third kappa shape index (κ3) is 4.10. The summed E-state index contributed by atoms with van der Waals surface area (Å²) < 4.78 is 5.01. The third-order valence-corrected chi connectivity index (χ3v) is 4.39. The van der Waals surface area contributed by atoms with E-state index in [1.54, 1.807) is 6.07 Å². The molecule has 0 aliphatic carbocycles. The lowest BCUT2D eigenvalue weighted by atomic mass is 9.98. The lowest BCUT2D eigenvalue weighted by molar-refractivity contribution is -0.384. The standard InChI is InChI=1S/C17H22N2O5/c1-11-6-8-18(9-7-11)15-5-4-14(10-16(15)19(22)23)17(21)24-13(3)12(2)20/h4-5,10-11,13H,6-9H2,1-3H3/t13-/m1/s1. The van der Waals surface area contributed by atoms with E-state index in [1.165, 1.54) is 26.0 Å². The van der Waals surface area contributed by atoms with Gasteiger partial charge in [0.25, 0.3) is 5.69 Å². The fraction of sp³-hybridized carbons (Fsp3) is 0.529. The maximum Gasteiger partial charge on any atom is 0.339 e. The van der Waals surface area contributed by atoms with Crippen LogP contribution in [0.4, 0.5) is 11.4 Å². The number of carbonyl (C=O) groups is 2. The number of piperidine rings is 1. The molecule has 0 N–H and O–H groups in total. The minimum atomic E-state index is -0.875. The van der Waals surface area contributed by atoms with Crippen molar-refractivity contribution in [1.29, 1.82) is 0 Å². The van der Waals surface area contributed by atoms with Gasteiger partial charge in [0, 0.05) is 19.2 Å². The number of hydrogen-bond donors (Lipinski definition) is 0. The first-order valence-electron chi connectivity index (χ1n) is 8.04. The van der Waals surface area contributed by atoms with E-state index in [4.69, 9.17) is 4.74 Å². The second-order valence-corrected chi connectivity index (χ2v) is 6.29. The van der Waals surface area contributed by atoms with E-state index in [1.807, 2.05) is 4.90 Å². The Morgan fingerprint density at radius 2 is 1.96 bits per heavy atom. The van der Waals surface area contributed by atoms with Gasteiger partial charge in [0.05, 0.1) is 10.5 Å². The van der Waals surface area contributed by atoms with Gasteiger partial charge in [-0.1, -0.05) is 6.92 Å². The van der Waals surface area contributed by atoms with Crippen LogP contribution in [0.5, 0.6) is 0 Å². The van der Waals surface area contributed by atoms with E-state index < -0.39 is 17.0 Å². The van der Waals surface area contributed by atoms with Gasteiger partial charge in [0.15, 0.2) is 11.9 Å². The van der Waals surface area contributed by atoms with Gasteiger partial charge in [-0.15, -0.1) is 0 Å². The number of rotatable bonds is 5. The van der Waals surface area contributed by atoms with Gasteiger partial charge in [0.2, 0.25) is 0 Å². The van der Waals surface area contributed by atoms with Crippen molar-refractivity contribution >= 4 is 23.1 Å². The second kappa shape index (κ2) is 7.42. The Kier molecular flexibility index (Phi) is 5.54. The number of nitro benzene ring substituents is 1. The lowest BCUT2D eigenvalue weighted by Gasteiger charge is -2.31. The van der Waals surface area contributed by atoms with Gasteiger partial charge < -0.3 is 9.64 Å². The Morgan fingerprint density at radius 1 is 1.33 bits per heavy atom. The topological polar surface area (TPSA) is 89.8 Å². The molecule has 1 aliphatic heterocycles. The van der Waals surface area contributed by atoms with Crippen LogP contribution in [0.3, 0.4) is 0 Å². The SMILES string of the molecule is CC(=O)[C@@H](C)OC(=O)c1ccc(N2CCC(C)CC2)c([N+](=O)[O-])c1. The van der Waals surface area contributed by atoms with Crippen molar-refractivity contribution in [3.63, 3.8) is 0 Å². The molecule has 1 atom stereocenters. The molecule has 130 valence electrons. The highest BCUT2D eigenvalue weighted by Gasteiger charge is 2.25. The van der Waals surface area contributed by atoms with Crippen molar-refractivity contribution in [2.75, 3.05) is 18.0 Å². The van der Waals surface area contributed by atoms with Crippen LogP contribution in [0.25, 0.3) is 0 Å². The predicted octanol–water partition coefficient (Wildman–Crippen LogP) is 2.97. The van der Waals surface area contributed by atoms with Gasteiger partial charge in [-0.2, -0.15) is 0 Å². The number of esters is 1. The number of carbonyl (C=O) groups excluding carboxylic acids is 2. The van der Waals surface area contributed by atoms with Gasteiger partial charge in [0.1, 0.15) is 5.69 Å². The number of nitrogens with zero attached hydrogens (tertiary/aromatic N) is 2. The Morgan fingerprint density at radius 3 is 2.50 bits per heavy atom. The van der Waals surface area contributed by atoms with E-state index in [9.17, 15) is 19.7 Å². The zero-order chi connectivity index (χ0) is 17.9. The van der Waals surface area contributed by atoms with Crippen LogP contribution in [0.15, 0.2) is 18.2 Å². The second-order valence-electron chi connectivity index (χ2n) is 6.29. The molecule has 1 aromatic rings. The maximum atomic E-state index is 12.1. The normalized spacial score (nSPS) is 16.5. The fourth-order valence-corrected chi connectivity index (χ4v) is 2.63. The first-order chi connectivity index (χ1) is 11.3. The highest BCUT2D eigenvalue weighted by molar-refractivity contribution is 5.93. The molecule has 1 aliphatic rings. The highest BCUT2D eigenvalue weighted by Crippen LogP contribution is 2.32. The number of Topliss-reactive ketones (excluding diaryl/α,β-unsaturated/α-hetero) is 1. The first kappa shape index (κ1) is 17.9. The van der Waals surface area contributed by atoms with Crippen molar-refractivity contribution < 1.29 is 19.2 Å². The van der Waals surface area contributed by atoms with E-state index in [2.05, 4.69) is 6.92 Å². The zero-order valence-corrected chi connectivity index (χ0v) is 14.2. The number of anilines is 1. The molecule has 0 bridgehead atoms. The molecule has 1 aromatic carbocycles. The number of ketones is 1. The molecule has 2 rings (SSSR count). The minimum absolute atomic E-state index is 0.0731. The maximum absolute atomic E-state index is 12.1.